The van der Waals surface area contributed by atoms with Crippen molar-refractivity contribution in [1.29, 1.82) is 0 Å². The van der Waals surface area contributed by atoms with Crippen LogP contribution >= 0.6 is 11.3 Å². The zero-order valence-electron chi connectivity index (χ0n) is 16.4. The van der Waals surface area contributed by atoms with Gasteiger partial charge in [-0.25, -0.2) is 4.79 Å². The number of aryl methyl sites for hydroxylation is 2. The van der Waals surface area contributed by atoms with E-state index >= 15 is 0 Å². The highest BCUT2D eigenvalue weighted by molar-refractivity contribution is 7.12. The van der Waals surface area contributed by atoms with Crippen molar-refractivity contribution < 1.29 is 23.9 Å². The van der Waals surface area contributed by atoms with Crippen molar-refractivity contribution in [2.45, 2.75) is 32.4 Å². The Bertz CT molecular complexity index is 1060. The summed E-state index contributed by atoms with van der Waals surface area (Å²) in [5, 5.41) is 0. The van der Waals surface area contributed by atoms with Crippen LogP contribution in [0.4, 0.5) is 5.69 Å². The van der Waals surface area contributed by atoms with Gasteiger partial charge in [-0.05, 0) is 32.0 Å². The molecule has 0 spiro atoms. The molecule has 1 atom stereocenters. The molecule has 0 N–H and O–H groups in total. The van der Waals surface area contributed by atoms with Gasteiger partial charge in [-0.15, -0.1) is 11.3 Å². The molecule has 0 aliphatic carbocycles. The summed E-state index contributed by atoms with van der Waals surface area (Å²) in [7, 11) is 1.49. The Morgan fingerprint density at radius 1 is 1.21 bits per heavy atom. The number of para-hydroxylation sites is 1. The highest BCUT2D eigenvalue weighted by Crippen LogP contribution is 2.44. The van der Waals surface area contributed by atoms with Crippen molar-refractivity contribution in [1.82, 2.24) is 4.90 Å². The van der Waals surface area contributed by atoms with Gasteiger partial charge in [-0.3, -0.25) is 19.3 Å². The zero-order valence-corrected chi connectivity index (χ0v) is 17.2. The molecule has 1 fully saturated rings. The van der Waals surface area contributed by atoms with Crippen molar-refractivity contribution in [3.05, 3.63) is 51.2 Å². The first-order valence-corrected chi connectivity index (χ1v) is 10.1. The quantitative estimate of drug-likeness (QED) is 0.570. The number of amides is 2. The molecule has 2 aromatic rings. The van der Waals surface area contributed by atoms with Crippen LogP contribution in [-0.2, 0) is 14.3 Å². The number of benzene rings is 1. The topological polar surface area (TPSA) is 84.0 Å². The molecule has 0 unspecified atom stereocenters. The molecule has 1 aromatic heterocycles. The van der Waals surface area contributed by atoms with Gasteiger partial charge in [0.15, 0.2) is 6.61 Å². The first kappa shape index (κ1) is 19.3. The lowest BCUT2D eigenvalue weighted by Gasteiger charge is -2.46. The van der Waals surface area contributed by atoms with Gasteiger partial charge in [0.2, 0.25) is 17.4 Å². The monoisotopic (exact) mass is 412 g/mol. The first-order chi connectivity index (χ1) is 13.8. The second-order valence-corrected chi connectivity index (χ2v) is 8.71. The first-order valence-electron chi connectivity index (χ1n) is 9.25. The van der Waals surface area contributed by atoms with Crippen LogP contribution < -0.4 is 4.90 Å². The predicted octanol–water partition coefficient (Wildman–Crippen LogP) is 2.70. The fraction of sp³-hybridized carbons (Fsp3) is 0.333. The molecule has 2 amide bonds. The number of carbonyl (C=O) groups is 4. The van der Waals surface area contributed by atoms with E-state index in [4.69, 9.17) is 4.74 Å². The average Bonchev–Trinajstić information content (AvgIpc) is 3.23. The molecule has 1 saturated heterocycles. The Labute approximate surface area is 171 Å². The van der Waals surface area contributed by atoms with Crippen molar-refractivity contribution in [2.75, 3.05) is 18.6 Å². The molecule has 0 bridgehead atoms. The number of ether oxygens (including phenoxy) is 1. The Kier molecular flexibility index (Phi) is 4.53. The number of hydrogen-bond donors (Lipinski definition) is 0. The molecule has 2 aliphatic heterocycles. The molecule has 0 radical (unpaired) electrons. The van der Waals surface area contributed by atoms with Crippen molar-refractivity contribution in [3.8, 4) is 0 Å². The predicted molar refractivity (Wildman–Crippen MR) is 107 cm³/mol. The van der Waals surface area contributed by atoms with E-state index in [9.17, 15) is 19.2 Å². The lowest BCUT2D eigenvalue weighted by Crippen LogP contribution is -2.67. The second-order valence-electron chi connectivity index (χ2n) is 7.25. The minimum absolute atomic E-state index is 0.109. The fourth-order valence-corrected chi connectivity index (χ4v) is 5.07. The van der Waals surface area contributed by atoms with Gasteiger partial charge in [-0.2, -0.15) is 0 Å². The van der Waals surface area contributed by atoms with E-state index in [1.807, 2.05) is 13.8 Å². The SMILES string of the molecule is Cc1cc(C(=O)COC(=O)[C@]23CCC(=O)N2c2ccccc2C(=O)N3C)c(C)s1. The number of esters is 1. The van der Waals surface area contributed by atoms with Gasteiger partial charge < -0.3 is 9.64 Å². The van der Waals surface area contributed by atoms with Crippen LogP contribution in [0, 0.1) is 13.8 Å². The Hall–Kier alpha value is -3.00. The number of Topliss-reactive ketones (excluding diaryl/α,β-unsaturated/α-hetero) is 1. The Balaban J connectivity index is 1.65. The molecule has 8 heteroatoms. The molecule has 29 heavy (non-hydrogen) atoms. The average molecular weight is 412 g/mol. The summed E-state index contributed by atoms with van der Waals surface area (Å²) in [6, 6.07) is 8.46. The summed E-state index contributed by atoms with van der Waals surface area (Å²) >= 11 is 1.50. The van der Waals surface area contributed by atoms with Gasteiger partial charge in [0.05, 0.1) is 11.3 Å². The maximum atomic E-state index is 13.2. The molecule has 150 valence electrons. The molecular formula is C21H20N2O5S. The lowest BCUT2D eigenvalue weighted by atomic mass is 9.97. The van der Waals surface area contributed by atoms with E-state index in [1.165, 1.54) is 28.2 Å². The number of ketones is 1. The normalized spacial score (nSPS) is 20.5. The van der Waals surface area contributed by atoms with Crippen LogP contribution in [0.15, 0.2) is 30.3 Å². The van der Waals surface area contributed by atoms with Crippen LogP contribution in [0.25, 0.3) is 0 Å². The van der Waals surface area contributed by atoms with Crippen LogP contribution in [0.1, 0.15) is 43.3 Å². The van der Waals surface area contributed by atoms with E-state index in [0.717, 1.165) is 9.75 Å². The third-order valence-corrected chi connectivity index (χ3v) is 6.51. The smallest absolute Gasteiger partial charge is 0.354 e. The maximum absolute atomic E-state index is 13.2. The van der Waals surface area contributed by atoms with Crippen molar-refractivity contribution in [2.24, 2.45) is 0 Å². The number of nitrogens with zero attached hydrogens (tertiary/aromatic N) is 2. The molecular weight excluding hydrogens is 392 g/mol. The Morgan fingerprint density at radius 2 is 1.93 bits per heavy atom. The molecule has 2 aliphatic rings. The van der Waals surface area contributed by atoms with E-state index in [1.54, 1.807) is 30.3 Å². The number of rotatable bonds is 4. The molecule has 3 heterocycles. The van der Waals surface area contributed by atoms with Gasteiger partial charge in [-0.1, -0.05) is 12.1 Å². The fourth-order valence-electron chi connectivity index (χ4n) is 4.12. The zero-order chi connectivity index (χ0) is 20.9. The number of fused-ring (bicyclic) bond motifs is 3. The third kappa shape index (κ3) is 2.78. The van der Waals surface area contributed by atoms with E-state index < -0.39 is 18.2 Å². The van der Waals surface area contributed by atoms with Crippen molar-refractivity contribution in [3.63, 3.8) is 0 Å². The van der Waals surface area contributed by atoms with Gasteiger partial charge in [0.1, 0.15) is 0 Å². The summed E-state index contributed by atoms with van der Waals surface area (Å²) in [4.78, 5) is 55.7. The van der Waals surface area contributed by atoms with Crippen LogP contribution in [0.5, 0.6) is 0 Å². The van der Waals surface area contributed by atoms with E-state index in [2.05, 4.69) is 0 Å². The summed E-state index contributed by atoms with van der Waals surface area (Å²) in [6.07, 6.45) is 0.226. The van der Waals surface area contributed by atoms with Gasteiger partial charge in [0, 0.05) is 35.2 Å². The van der Waals surface area contributed by atoms with E-state index in [-0.39, 0.29) is 30.4 Å². The third-order valence-electron chi connectivity index (χ3n) is 5.54. The molecule has 0 saturated carbocycles. The maximum Gasteiger partial charge on any atom is 0.354 e. The molecule has 7 nitrogen and oxygen atoms in total. The summed E-state index contributed by atoms with van der Waals surface area (Å²) in [5.41, 5.74) is -0.294. The molecule has 1 aromatic carbocycles. The van der Waals surface area contributed by atoms with Crippen LogP contribution in [-0.4, -0.2) is 47.8 Å². The van der Waals surface area contributed by atoms with Crippen molar-refractivity contribution >= 4 is 40.6 Å². The minimum atomic E-state index is -1.57. The highest BCUT2D eigenvalue weighted by Gasteiger charge is 2.60. The molecule has 4 rings (SSSR count). The standard InChI is InChI=1S/C21H20N2O5S/c1-12-10-15(13(2)29-12)17(24)11-28-20(27)21-9-8-18(25)23(21)16-7-5-4-6-14(16)19(26)22(21)3/h4-7,10H,8-9,11H2,1-3H3/t21-/m0/s1. The summed E-state index contributed by atoms with van der Waals surface area (Å²) in [6.45, 7) is 3.30. The van der Waals surface area contributed by atoms with E-state index in [0.29, 0.717) is 16.8 Å². The minimum Gasteiger partial charge on any atom is -0.454 e. The number of anilines is 1. The largest absolute Gasteiger partial charge is 0.454 e. The van der Waals surface area contributed by atoms with Crippen LogP contribution in [0.2, 0.25) is 0 Å². The lowest BCUT2D eigenvalue weighted by molar-refractivity contribution is -0.155. The van der Waals surface area contributed by atoms with Gasteiger partial charge >= 0.3 is 5.97 Å². The highest BCUT2D eigenvalue weighted by atomic mass is 32.1. The number of likely N-dealkylation sites (N-methyl/N-ethyl adjacent to an activating group) is 1. The second kappa shape index (κ2) is 6.81. The van der Waals surface area contributed by atoms with Gasteiger partial charge in [0.25, 0.3) is 5.91 Å². The summed E-state index contributed by atoms with van der Waals surface area (Å²) < 4.78 is 5.38. The summed E-state index contributed by atoms with van der Waals surface area (Å²) in [5.74, 6) is -1.70. The van der Waals surface area contributed by atoms with Crippen LogP contribution in [0.3, 0.4) is 0 Å². The number of hydrogen-bond acceptors (Lipinski definition) is 6. The number of carbonyl (C=O) groups excluding carboxylic acids is 4. The Morgan fingerprint density at radius 3 is 2.62 bits per heavy atom. The number of thiophene rings is 1.